The van der Waals surface area contributed by atoms with Crippen LogP contribution in [0.1, 0.15) is 24.4 Å². The minimum absolute atomic E-state index is 0.105. The first kappa shape index (κ1) is 21.3. The number of hydrogen-bond acceptors (Lipinski definition) is 7. The van der Waals surface area contributed by atoms with E-state index in [2.05, 4.69) is 15.5 Å². The van der Waals surface area contributed by atoms with Crippen LogP contribution in [-0.4, -0.2) is 33.2 Å². The van der Waals surface area contributed by atoms with Gasteiger partial charge in [0.25, 0.3) is 0 Å². The van der Waals surface area contributed by atoms with Crippen molar-refractivity contribution in [2.75, 3.05) is 12.5 Å². The summed E-state index contributed by atoms with van der Waals surface area (Å²) in [5, 5.41) is 12.4. The summed E-state index contributed by atoms with van der Waals surface area (Å²) in [6.07, 6.45) is 0. The van der Waals surface area contributed by atoms with Crippen LogP contribution in [0.3, 0.4) is 0 Å². The summed E-state index contributed by atoms with van der Waals surface area (Å²) >= 11 is 7.41. The highest BCUT2D eigenvalue weighted by molar-refractivity contribution is 7.99. The standard InChI is InChI=1S/C21H21ClN4O4S/c1-13(14-7-8-17-18(9-14)30-12-29-17)23-20(27)11-31-21-25-24-19(26(21)2)10-28-16-6-4-3-5-15(16)22/h3-9,13H,10-12H2,1-2H3,(H,23,27). The van der Waals surface area contributed by atoms with Crippen molar-refractivity contribution >= 4 is 29.3 Å². The topological polar surface area (TPSA) is 87.5 Å². The van der Waals surface area contributed by atoms with Crippen LogP contribution in [0.4, 0.5) is 0 Å². The van der Waals surface area contributed by atoms with Gasteiger partial charge in [-0.25, -0.2) is 0 Å². The maximum atomic E-state index is 12.4. The van der Waals surface area contributed by atoms with Crippen LogP contribution in [0.2, 0.25) is 5.02 Å². The Labute approximate surface area is 188 Å². The molecule has 0 saturated carbocycles. The molecule has 31 heavy (non-hydrogen) atoms. The van der Waals surface area contributed by atoms with E-state index in [9.17, 15) is 4.79 Å². The summed E-state index contributed by atoms with van der Waals surface area (Å²) in [6.45, 7) is 2.37. The fraction of sp³-hybridized carbons (Fsp3) is 0.286. The molecule has 3 aromatic rings. The number of para-hydroxylation sites is 1. The predicted octanol–water partition coefficient (Wildman–Crippen LogP) is 3.75. The van der Waals surface area contributed by atoms with Crippen molar-refractivity contribution in [3.05, 3.63) is 58.9 Å². The average molecular weight is 461 g/mol. The van der Waals surface area contributed by atoms with Crippen molar-refractivity contribution in [2.45, 2.75) is 24.7 Å². The third-order valence-corrected chi connectivity index (χ3v) is 6.06. The third kappa shape index (κ3) is 5.05. The molecular weight excluding hydrogens is 440 g/mol. The summed E-state index contributed by atoms with van der Waals surface area (Å²) in [5.41, 5.74) is 0.945. The number of nitrogens with zero attached hydrogens (tertiary/aromatic N) is 3. The molecule has 0 saturated heterocycles. The normalized spacial score (nSPS) is 13.1. The quantitative estimate of drug-likeness (QED) is 0.512. The van der Waals surface area contributed by atoms with E-state index in [-0.39, 0.29) is 31.1 Å². The summed E-state index contributed by atoms with van der Waals surface area (Å²) < 4.78 is 18.2. The number of benzene rings is 2. The van der Waals surface area contributed by atoms with Gasteiger partial charge in [0.2, 0.25) is 12.7 Å². The number of fused-ring (bicyclic) bond motifs is 1. The summed E-state index contributed by atoms with van der Waals surface area (Å²) in [4.78, 5) is 12.4. The Morgan fingerprint density at radius 1 is 1.26 bits per heavy atom. The zero-order chi connectivity index (χ0) is 21.8. The van der Waals surface area contributed by atoms with E-state index >= 15 is 0 Å². The molecule has 1 aliphatic heterocycles. The molecule has 1 N–H and O–H groups in total. The largest absolute Gasteiger partial charge is 0.484 e. The van der Waals surface area contributed by atoms with Gasteiger partial charge in [0.1, 0.15) is 12.4 Å². The molecule has 10 heteroatoms. The maximum absolute atomic E-state index is 12.4. The lowest BCUT2D eigenvalue weighted by molar-refractivity contribution is -0.119. The zero-order valence-corrected chi connectivity index (χ0v) is 18.6. The molecule has 1 aromatic heterocycles. The molecular formula is C21H21ClN4O4S. The van der Waals surface area contributed by atoms with E-state index in [0.717, 1.165) is 11.3 Å². The van der Waals surface area contributed by atoms with Crippen molar-refractivity contribution < 1.29 is 19.0 Å². The molecule has 0 spiro atoms. The number of halogens is 1. The minimum Gasteiger partial charge on any atom is -0.484 e. The van der Waals surface area contributed by atoms with Gasteiger partial charge >= 0.3 is 0 Å². The molecule has 1 aliphatic rings. The Morgan fingerprint density at radius 3 is 2.90 bits per heavy atom. The van der Waals surface area contributed by atoms with Gasteiger partial charge in [-0.05, 0) is 36.8 Å². The lowest BCUT2D eigenvalue weighted by atomic mass is 10.1. The molecule has 0 fully saturated rings. The van der Waals surface area contributed by atoms with E-state index in [1.807, 2.05) is 44.3 Å². The van der Waals surface area contributed by atoms with Crippen LogP contribution in [0, 0.1) is 0 Å². The Morgan fingerprint density at radius 2 is 2.06 bits per heavy atom. The number of amides is 1. The fourth-order valence-corrected chi connectivity index (χ4v) is 3.91. The number of carbonyl (C=O) groups is 1. The van der Waals surface area contributed by atoms with Crippen molar-refractivity contribution in [1.29, 1.82) is 0 Å². The van der Waals surface area contributed by atoms with Crippen LogP contribution in [0.15, 0.2) is 47.6 Å². The number of rotatable bonds is 8. The van der Waals surface area contributed by atoms with Crippen molar-refractivity contribution in [3.8, 4) is 17.2 Å². The second-order valence-electron chi connectivity index (χ2n) is 6.87. The number of thioether (sulfide) groups is 1. The first-order valence-electron chi connectivity index (χ1n) is 9.58. The Bertz CT molecular complexity index is 1090. The van der Waals surface area contributed by atoms with Gasteiger partial charge in [-0.1, -0.05) is 41.6 Å². The summed E-state index contributed by atoms with van der Waals surface area (Å²) in [7, 11) is 1.83. The maximum Gasteiger partial charge on any atom is 0.231 e. The number of carbonyl (C=O) groups excluding carboxylic acids is 1. The van der Waals surface area contributed by atoms with E-state index < -0.39 is 0 Å². The molecule has 0 aliphatic carbocycles. The average Bonchev–Trinajstić information content (AvgIpc) is 3.37. The zero-order valence-electron chi connectivity index (χ0n) is 17.0. The molecule has 1 atom stereocenters. The molecule has 2 aromatic carbocycles. The molecule has 162 valence electrons. The van der Waals surface area contributed by atoms with Gasteiger partial charge in [0.15, 0.2) is 22.5 Å². The number of ether oxygens (including phenoxy) is 3. The number of hydrogen-bond donors (Lipinski definition) is 1. The van der Waals surface area contributed by atoms with Crippen LogP contribution >= 0.6 is 23.4 Å². The van der Waals surface area contributed by atoms with Gasteiger partial charge in [0.05, 0.1) is 16.8 Å². The van der Waals surface area contributed by atoms with E-state index in [1.165, 1.54) is 11.8 Å². The van der Waals surface area contributed by atoms with Gasteiger partial charge in [0, 0.05) is 7.05 Å². The van der Waals surface area contributed by atoms with E-state index in [0.29, 0.717) is 27.5 Å². The Balaban J connectivity index is 1.29. The van der Waals surface area contributed by atoms with Crippen LogP contribution in [0.5, 0.6) is 17.2 Å². The number of aromatic nitrogens is 3. The van der Waals surface area contributed by atoms with Gasteiger partial charge in [-0.15, -0.1) is 10.2 Å². The summed E-state index contributed by atoms with van der Waals surface area (Å²) in [5.74, 6) is 2.74. The molecule has 0 radical (unpaired) electrons. The molecule has 8 nitrogen and oxygen atoms in total. The molecule has 1 amide bonds. The first-order chi connectivity index (χ1) is 15.0. The van der Waals surface area contributed by atoms with Crippen LogP contribution in [-0.2, 0) is 18.4 Å². The summed E-state index contributed by atoms with van der Waals surface area (Å²) in [6, 6.07) is 12.7. The highest BCUT2D eigenvalue weighted by atomic mass is 35.5. The molecule has 1 unspecified atom stereocenters. The van der Waals surface area contributed by atoms with Gasteiger partial charge < -0.3 is 24.1 Å². The smallest absolute Gasteiger partial charge is 0.231 e. The first-order valence-corrected chi connectivity index (χ1v) is 10.9. The lowest BCUT2D eigenvalue weighted by Crippen LogP contribution is -2.28. The minimum atomic E-state index is -0.165. The molecule has 2 heterocycles. The Hall–Kier alpha value is -2.91. The van der Waals surface area contributed by atoms with Gasteiger partial charge in [-0.2, -0.15) is 0 Å². The fourth-order valence-electron chi connectivity index (χ4n) is 2.98. The lowest BCUT2D eigenvalue weighted by Gasteiger charge is -2.14. The second kappa shape index (κ2) is 9.49. The SMILES string of the molecule is CC(NC(=O)CSc1nnc(COc2ccccc2Cl)n1C)c1ccc2c(c1)OCO2. The highest BCUT2D eigenvalue weighted by Gasteiger charge is 2.18. The highest BCUT2D eigenvalue weighted by Crippen LogP contribution is 2.34. The second-order valence-corrected chi connectivity index (χ2v) is 8.22. The monoisotopic (exact) mass is 460 g/mol. The predicted molar refractivity (Wildman–Crippen MR) is 117 cm³/mol. The van der Waals surface area contributed by atoms with Gasteiger partial charge in [-0.3, -0.25) is 4.79 Å². The Kier molecular flexibility index (Phi) is 6.53. The number of nitrogens with one attached hydrogen (secondary N) is 1. The van der Waals surface area contributed by atoms with E-state index in [4.69, 9.17) is 25.8 Å². The van der Waals surface area contributed by atoms with Crippen molar-refractivity contribution in [3.63, 3.8) is 0 Å². The van der Waals surface area contributed by atoms with Crippen LogP contribution < -0.4 is 19.5 Å². The van der Waals surface area contributed by atoms with Crippen molar-refractivity contribution in [1.82, 2.24) is 20.1 Å². The molecule has 0 bridgehead atoms. The van der Waals surface area contributed by atoms with Crippen molar-refractivity contribution in [2.24, 2.45) is 7.05 Å². The van der Waals surface area contributed by atoms with Crippen LogP contribution in [0.25, 0.3) is 0 Å². The third-order valence-electron chi connectivity index (χ3n) is 4.72. The van der Waals surface area contributed by atoms with E-state index in [1.54, 1.807) is 16.7 Å². The molecule has 4 rings (SSSR count).